The monoisotopic (exact) mass is 580 g/mol. The van der Waals surface area contributed by atoms with Crippen LogP contribution in [0.1, 0.15) is 11.3 Å². The van der Waals surface area contributed by atoms with E-state index in [0.717, 1.165) is 61.0 Å². The summed E-state index contributed by atoms with van der Waals surface area (Å²) in [5.74, 6) is 1.86. The number of fused-ring (bicyclic) bond motifs is 3. The number of aryl methyl sites for hydroxylation is 2. The van der Waals surface area contributed by atoms with Crippen molar-refractivity contribution in [1.82, 2.24) is 19.9 Å². The molecule has 8 rings (SSSR count). The maximum Gasteiger partial charge on any atom is 0.164 e. The molecule has 0 spiro atoms. The third-order valence-electron chi connectivity index (χ3n) is 8.30. The smallest absolute Gasteiger partial charge is 0.164 e. The Morgan fingerprint density at radius 1 is 0.467 bits per heavy atom. The fraction of sp³-hybridized carbons (Fsp3) is 0.0500. The fourth-order valence-electron chi connectivity index (χ4n) is 5.98. The molecule has 0 saturated carbocycles. The molecule has 0 aliphatic heterocycles. The molecular weight excluding hydrogens is 552 g/mol. The zero-order chi connectivity index (χ0) is 30.3. The van der Waals surface area contributed by atoms with Crippen LogP contribution >= 0.6 is 0 Å². The largest absolute Gasteiger partial charge is 0.456 e. The van der Waals surface area contributed by atoms with E-state index in [9.17, 15) is 0 Å². The Balaban J connectivity index is 1.32. The second kappa shape index (κ2) is 11.0. The van der Waals surface area contributed by atoms with Crippen LogP contribution in [0.15, 0.2) is 138 Å². The van der Waals surface area contributed by atoms with Crippen LogP contribution in [0.25, 0.3) is 78.4 Å². The van der Waals surface area contributed by atoms with Crippen molar-refractivity contribution in [3.05, 3.63) is 145 Å². The molecule has 3 aromatic heterocycles. The van der Waals surface area contributed by atoms with Crippen LogP contribution in [0, 0.1) is 13.8 Å². The number of hydrogen-bond acceptors (Lipinski definition) is 5. The highest BCUT2D eigenvalue weighted by molar-refractivity contribution is 6.12. The molecule has 0 radical (unpaired) electrons. The van der Waals surface area contributed by atoms with E-state index in [1.807, 2.05) is 85.1 Å². The molecule has 0 bridgehead atoms. The summed E-state index contributed by atoms with van der Waals surface area (Å²) < 4.78 is 6.38. The predicted molar refractivity (Wildman–Crippen MR) is 182 cm³/mol. The normalized spacial score (nSPS) is 11.3. The molecule has 0 saturated heterocycles. The first-order valence-corrected chi connectivity index (χ1v) is 15.0. The molecule has 0 unspecified atom stereocenters. The van der Waals surface area contributed by atoms with Crippen molar-refractivity contribution in [2.45, 2.75) is 13.8 Å². The van der Waals surface area contributed by atoms with Gasteiger partial charge in [0, 0.05) is 44.9 Å². The Morgan fingerprint density at radius 3 is 1.82 bits per heavy atom. The molecule has 214 valence electrons. The topological polar surface area (TPSA) is 64.7 Å². The Hall–Kier alpha value is -5.94. The van der Waals surface area contributed by atoms with E-state index in [4.69, 9.17) is 19.4 Å². The highest BCUT2D eigenvalue weighted by Gasteiger charge is 2.18. The average Bonchev–Trinajstić information content (AvgIpc) is 3.48. The molecule has 3 heterocycles. The van der Waals surface area contributed by atoms with Crippen LogP contribution in [0.2, 0.25) is 0 Å². The number of furan rings is 1. The number of hydrogen-bond donors (Lipinski definition) is 0. The minimum absolute atomic E-state index is 0.603. The fourth-order valence-corrected chi connectivity index (χ4v) is 5.98. The van der Waals surface area contributed by atoms with Gasteiger partial charge in [-0.25, -0.2) is 15.0 Å². The zero-order valence-electron chi connectivity index (χ0n) is 24.9. The summed E-state index contributed by atoms with van der Waals surface area (Å²) >= 11 is 0. The van der Waals surface area contributed by atoms with E-state index in [0.29, 0.717) is 17.5 Å². The van der Waals surface area contributed by atoms with Crippen molar-refractivity contribution in [2.24, 2.45) is 0 Å². The number of aromatic nitrogens is 4. The molecule has 5 nitrogen and oxygen atoms in total. The summed E-state index contributed by atoms with van der Waals surface area (Å²) in [5, 5.41) is 2.00. The Kier molecular flexibility index (Phi) is 6.50. The number of rotatable bonds is 5. The van der Waals surface area contributed by atoms with Gasteiger partial charge in [-0.1, -0.05) is 97.1 Å². The van der Waals surface area contributed by atoms with Crippen LogP contribution in [-0.2, 0) is 0 Å². The van der Waals surface area contributed by atoms with Crippen molar-refractivity contribution < 1.29 is 4.42 Å². The minimum atomic E-state index is 0.603. The maximum absolute atomic E-state index is 6.38. The van der Waals surface area contributed by atoms with E-state index in [2.05, 4.69) is 67.4 Å². The lowest BCUT2D eigenvalue weighted by Gasteiger charge is -2.12. The van der Waals surface area contributed by atoms with Gasteiger partial charge in [-0.05, 0) is 66.4 Å². The minimum Gasteiger partial charge on any atom is -0.456 e. The van der Waals surface area contributed by atoms with Gasteiger partial charge in [-0.2, -0.15) is 0 Å². The molecule has 8 aromatic rings. The summed E-state index contributed by atoms with van der Waals surface area (Å²) in [5.41, 5.74) is 11.2. The first-order valence-electron chi connectivity index (χ1n) is 15.0. The van der Waals surface area contributed by atoms with Gasteiger partial charge in [-0.3, -0.25) is 4.98 Å². The van der Waals surface area contributed by atoms with Crippen molar-refractivity contribution in [1.29, 1.82) is 0 Å². The maximum atomic E-state index is 6.38. The molecule has 5 heteroatoms. The van der Waals surface area contributed by atoms with Gasteiger partial charge in [0.2, 0.25) is 0 Å². The van der Waals surface area contributed by atoms with E-state index in [1.165, 1.54) is 11.1 Å². The predicted octanol–water partition coefficient (Wildman–Crippen LogP) is 10.1. The molecular formula is C40H28N4O. The van der Waals surface area contributed by atoms with Crippen LogP contribution < -0.4 is 0 Å². The summed E-state index contributed by atoms with van der Waals surface area (Å²) in [7, 11) is 0. The van der Waals surface area contributed by atoms with E-state index >= 15 is 0 Å². The summed E-state index contributed by atoms with van der Waals surface area (Å²) in [6.45, 7) is 4.20. The Morgan fingerprint density at radius 2 is 1.11 bits per heavy atom. The van der Waals surface area contributed by atoms with E-state index in [1.54, 1.807) is 0 Å². The third kappa shape index (κ3) is 4.85. The standard InChI is InChI=1S/C40H28N4O/c1-25-18-19-29(23-33(25)31-16-10-22-41-26(31)2)30-20-21-35-34(24-30)37-32(15-9-17-36(37)45-35)40-43-38(27-11-5-3-6-12-27)42-39(44-40)28-13-7-4-8-14-28/h3-24H,1-2H3. The summed E-state index contributed by atoms with van der Waals surface area (Å²) in [4.78, 5) is 19.4. The highest BCUT2D eigenvalue weighted by atomic mass is 16.3. The van der Waals surface area contributed by atoms with Crippen molar-refractivity contribution in [3.8, 4) is 56.4 Å². The second-order valence-corrected chi connectivity index (χ2v) is 11.2. The van der Waals surface area contributed by atoms with E-state index < -0.39 is 0 Å². The number of pyridine rings is 1. The highest BCUT2D eigenvalue weighted by Crippen LogP contribution is 2.39. The molecule has 0 N–H and O–H groups in total. The Bertz CT molecular complexity index is 2290. The SMILES string of the molecule is Cc1ccc(-c2ccc3oc4cccc(-c5nc(-c6ccccc6)nc(-c6ccccc6)n5)c4c3c2)cc1-c1cccnc1C. The zero-order valence-corrected chi connectivity index (χ0v) is 24.9. The molecule has 0 fully saturated rings. The summed E-state index contributed by atoms with van der Waals surface area (Å²) in [6.07, 6.45) is 1.84. The van der Waals surface area contributed by atoms with Gasteiger partial charge in [0.25, 0.3) is 0 Å². The quantitative estimate of drug-likeness (QED) is 0.203. The van der Waals surface area contributed by atoms with Crippen LogP contribution in [0.5, 0.6) is 0 Å². The first kappa shape index (κ1) is 26.7. The van der Waals surface area contributed by atoms with Crippen molar-refractivity contribution in [2.75, 3.05) is 0 Å². The summed E-state index contributed by atoms with van der Waals surface area (Å²) in [6, 6.07) is 43.3. The average molecular weight is 581 g/mol. The molecule has 0 aliphatic carbocycles. The van der Waals surface area contributed by atoms with Crippen LogP contribution in [0.3, 0.4) is 0 Å². The van der Waals surface area contributed by atoms with Crippen molar-refractivity contribution >= 4 is 21.9 Å². The van der Waals surface area contributed by atoms with Gasteiger partial charge < -0.3 is 4.42 Å². The lowest BCUT2D eigenvalue weighted by Crippen LogP contribution is -2.00. The molecule has 0 amide bonds. The van der Waals surface area contributed by atoms with Gasteiger partial charge in [-0.15, -0.1) is 0 Å². The van der Waals surface area contributed by atoms with Crippen molar-refractivity contribution in [3.63, 3.8) is 0 Å². The lowest BCUT2D eigenvalue weighted by molar-refractivity contribution is 0.669. The molecule has 0 aliphatic rings. The molecule has 5 aromatic carbocycles. The van der Waals surface area contributed by atoms with E-state index in [-0.39, 0.29) is 0 Å². The lowest BCUT2D eigenvalue weighted by atomic mass is 9.94. The van der Waals surface area contributed by atoms with Crippen LogP contribution in [-0.4, -0.2) is 19.9 Å². The molecule has 45 heavy (non-hydrogen) atoms. The van der Waals surface area contributed by atoms with Gasteiger partial charge in [0.05, 0.1) is 0 Å². The van der Waals surface area contributed by atoms with Gasteiger partial charge in [0.15, 0.2) is 17.5 Å². The third-order valence-corrected chi connectivity index (χ3v) is 8.30. The Labute approximate surface area is 260 Å². The van der Waals surface area contributed by atoms with Gasteiger partial charge in [0.1, 0.15) is 11.2 Å². The number of nitrogens with zero attached hydrogens (tertiary/aromatic N) is 4. The molecule has 0 atom stereocenters. The van der Waals surface area contributed by atoms with Gasteiger partial charge >= 0.3 is 0 Å². The van der Waals surface area contributed by atoms with Crippen LogP contribution in [0.4, 0.5) is 0 Å². The number of benzene rings is 5. The first-order chi connectivity index (χ1) is 22.1. The second-order valence-electron chi connectivity index (χ2n) is 11.2.